The Balaban J connectivity index is 1.99. The molecule has 0 saturated carbocycles. The number of benzene rings is 1. The molecule has 1 heterocycles. The van der Waals surface area contributed by atoms with Gasteiger partial charge in [-0.25, -0.2) is 13.1 Å². The molecule has 1 aromatic carbocycles. The van der Waals surface area contributed by atoms with Crippen LogP contribution >= 0.6 is 27.3 Å². The molecule has 108 valence electrons. The fraction of sp³-hybridized carbons (Fsp3) is 0.231. The fourth-order valence-electron chi connectivity index (χ4n) is 1.74. The molecule has 0 fully saturated rings. The molecule has 2 aromatic rings. The predicted octanol–water partition coefficient (Wildman–Crippen LogP) is 3.04. The van der Waals surface area contributed by atoms with E-state index in [9.17, 15) is 8.42 Å². The summed E-state index contributed by atoms with van der Waals surface area (Å²) in [7, 11) is -1.83. The first kappa shape index (κ1) is 15.5. The standard InChI is InChI=1S/C13H14BrNO3S2/c1-18-11-5-3-2-4-10(11)8-9-15-20(16,17)13-7-6-12(14)19-13/h2-7,15H,8-9H2,1H3. The van der Waals surface area contributed by atoms with Gasteiger partial charge in [0.05, 0.1) is 10.9 Å². The van der Waals surface area contributed by atoms with E-state index < -0.39 is 10.0 Å². The normalized spacial score (nSPS) is 11.5. The van der Waals surface area contributed by atoms with Crippen LogP contribution in [0.25, 0.3) is 0 Å². The van der Waals surface area contributed by atoms with Crippen molar-refractivity contribution in [1.29, 1.82) is 0 Å². The van der Waals surface area contributed by atoms with Crippen LogP contribution in [0, 0.1) is 0 Å². The van der Waals surface area contributed by atoms with Crippen LogP contribution in [0.3, 0.4) is 0 Å². The van der Waals surface area contributed by atoms with E-state index >= 15 is 0 Å². The SMILES string of the molecule is COc1ccccc1CCNS(=O)(=O)c1ccc(Br)s1. The third kappa shape index (κ3) is 3.82. The molecule has 7 heteroatoms. The number of sulfonamides is 1. The monoisotopic (exact) mass is 375 g/mol. The predicted molar refractivity (Wildman–Crippen MR) is 83.9 cm³/mol. The van der Waals surface area contributed by atoms with Crippen LogP contribution in [0.15, 0.2) is 44.4 Å². The Kier molecular flexibility index (Phi) is 5.20. The highest BCUT2D eigenvalue weighted by Crippen LogP contribution is 2.25. The lowest BCUT2D eigenvalue weighted by atomic mass is 10.1. The molecule has 0 aliphatic rings. The van der Waals surface area contributed by atoms with Gasteiger partial charge >= 0.3 is 0 Å². The number of hydrogen-bond donors (Lipinski definition) is 1. The van der Waals surface area contributed by atoms with Crippen LogP contribution in [0.5, 0.6) is 5.75 Å². The van der Waals surface area contributed by atoms with Gasteiger partial charge in [0.15, 0.2) is 0 Å². The summed E-state index contributed by atoms with van der Waals surface area (Å²) in [5.74, 6) is 0.769. The Bertz CT molecular complexity index is 682. The van der Waals surface area contributed by atoms with Crippen LogP contribution in [-0.4, -0.2) is 22.1 Å². The molecule has 0 unspecified atom stereocenters. The third-order valence-corrected chi connectivity index (χ3v) is 6.27. The van der Waals surface area contributed by atoms with Crippen molar-refractivity contribution in [3.05, 3.63) is 45.7 Å². The van der Waals surface area contributed by atoms with Gasteiger partial charge in [-0.3, -0.25) is 0 Å². The van der Waals surface area contributed by atoms with Crippen molar-refractivity contribution >= 4 is 37.3 Å². The molecule has 0 saturated heterocycles. The third-order valence-electron chi connectivity index (χ3n) is 2.69. The van der Waals surface area contributed by atoms with Gasteiger partial charge in [-0.1, -0.05) is 18.2 Å². The number of halogens is 1. The van der Waals surface area contributed by atoms with Crippen molar-refractivity contribution in [3.8, 4) is 5.75 Å². The van der Waals surface area contributed by atoms with Gasteiger partial charge in [-0.2, -0.15) is 0 Å². The lowest BCUT2D eigenvalue weighted by molar-refractivity contribution is 0.409. The molecule has 2 rings (SSSR count). The second-order valence-electron chi connectivity index (χ2n) is 4.02. The van der Waals surface area contributed by atoms with E-state index in [1.807, 2.05) is 24.3 Å². The molecule has 0 atom stereocenters. The molecule has 1 N–H and O–H groups in total. The maximum Gasteiger partial charge on any atom is 0.250 e. The summed E-state index contributed by atoms with van der Waals surface area (Å²) in [6.45, 7) is 0.332. The summed E-state index contributed by atoms with van der Waals surface area (Å²) < 4.78 is 33.0. The molecular weight excluding hydrogens is 362 g/mol. The van der Waals surface area contributed by atoms with E-state index in [0.717, 1.165) is 15.1 Å². The summed E-state index contributed by atoms with van der Waals surface area (Å²) in [5, 5.41) is 0. The molecule has 0 amide bonds. The summed E-state index contributed by atoms with van der Waals surface area (Å²) >= 11 is 4.45. The van der Waals surface area contributed by atoms with Crippen LogP contribution in [0.2, 0.25) is 0 Å². The largest absolute Gasteiger partial charge is 0.496 e. The summed E-state index contributed by atoms with van der Waals surface area (Å²) in [5.41, 5.74) is 0.977. The van der Waals surface area contributed by atoms with Crippen LogP contribution in [0.4, 0.5) is 0 Å². The van der Waals surface area contributed by atoms with E-state index in [1.54, 1.807) is 19.2 Å². The molecule has 20 heavy (non-hydrogen) atoms. The molecule has 0 spiro atoms. The molecule has 0 bridgehead atoms. The van der Waals surface area contributed by atoms with E-state index in [-0.39, 0.29) is 0 Å². The van der Waals surface area contributed by atoms with Crippen molar-refractivity contribution in [3.63, 3.8) is 0 Å². The Morgan fingerprint density at radius 2 is 2.00 bits per heavy atom. The topological polar surface area (TPSA) is 55.4 Å². The van der Waals surface area contributed by atoms with Gasteiger partial charge in [-0.05, 0) is 46.1 Å². The van der Waals surface area contributed by atoms with E-state index in [2.05, 4.69) is 20.7 Å². The van der Waals surface area contributed by atoms with Gasteiger partial charge in [0, 0.05) is 6.54 Å². The molecule has 0 aliphatic heterocycles. The lowest BCUT2D eigenvalue weighted by Gasteiger charge is -2.08. The highest BCUT2D eigenvalue weighted by Gasteiger charge is 2.16. The van der Waals surface area contributed by atoms with Crippen LogP contribution < -0.4 is 9.46 Å². The Morgan fingerprint density at radius 3 is 2.65 bits per heavy atom. The number of rotatable bonds is 6. The number of thiophene rings is 1. The van der Waals surface area contributed by atoms with E-state index in [1.165, 1.54) is 11.3 Å². The van der Waals surface area contributed by atoms with Gasteiger partial charge < -0.3 is 4.74 Å². The smallest absolute Gasteiger partial charge is 0.250 e. The highest BCUT2D eigenvalue weighted by atomic mass is 79.9. The zero-order valence-electron chi connectivity index (χ0n) is 10.8. The Hall–Kier alpha value is -0.890. The zero-order valence-corrected chi connectivity index (χ0v) is 14.0. The first-order chi connectivity index (χ1) is 9.53. The van der Waals surface area contributed by atoms with Crippen LogP contribution in [0.1, 0.15) is 5.56 Å². The number of hydrogen-bond acceptors (Lipinski definition) is 4. The summed E-state index contributed by atoms with van der Waals surface area (Å²) in [6, 6.07) is 10.9. The quantitative estimate of drug-likeness (QED) is 0.843. The maximum atomic E-state index is 12.0. The number of para-hydroxylation sites is 1. The van der Waals surface area contributed by atoms with Gasteiger partial charge in [0.2, 0.25) is 10.0 Å². The van der Waals surface area contributed by atoms with E-state index in [4.69, 9.17) is 4.74 Å². The summed E-state index contributed by atoms with van der Waals surface area (Å²) in [4.78, 5) is 0. The molecule has 4 nitrogen and oxygen atoms in total. The minimum absolute atomic E-state index is 0.310. The number of nitrogens with one attached hydrogen (secondary N) is 1. The van der Waals surface area contributed by atoms with Crippen molar-refractivity contribution in [2.45, 2.75) is 10.6 Å². The first-order valence-electron chi connectivity index (χ1n) is 5.90. The average Bonchev–Trinajstić information content (AvgIpc) is 2.87. The molecule has 1 aromatic heterocycles. The lowest BCUT2D eigenvalue weighted by Crippen LogP contribution is -2.25. The van der Waals surface area contributed by atoms with Crippen molar-refractivity contribution in [1.82, 2.24) is 4.72 Å². The van der Waals surface area contributed by atoms with Crippen molar-refractivity contribution < 1.29 is 13.2 Å². The summed E-state index contributed by atoms with van der Waals surface area (Å²) in [6.07, 6.45) is 0.579. The van der Waals surface area contributed by atoms with Crippen molar-refractivity contribution in [2.24, 2.45) is 0 Å². The zero-order chi connectivity index (χ0) is 14.6. The molecule has 0 radical (unpaired) electrons. The Labute approximate surface area is 131 Å². The second kappa shape index (κ2) is 6.71. The number of ether oxygens (including phenoxy) is 1. The van der Waals surface area contributed by atoms with Gasteiger partial charge in [0.25, 0.3) is 0 Å². The fourth-order valence-corrected chi connectivity index (χ4v) is 4.83. The van der Waals surface area contributed by atoms with Gasteiger partial charge in [0.1, 0.15) is 9.96 Å². The minimum atomic E-state index is -3.43. The average molecular weight is 376 g/mol. The van der Waals surface area contributed by atoms with E-state index in [0.29, 0.717) is 17.2 Å². The molecule has 0 aliphatic carbocycles. The molecular formula is C13H14BrNO3S2. The highest BCUT2D eigenvalue weighted by molar-refractivity contribution is 9.11. The minimum Gasteiger partial charge on any atom is -0.496 e. The van der Waals surface area contributed by atoms with Crippen LogP contribution in [-0.2, 0) is 16.4 Å². The van der Waals surface area contributed by atoms with Crippen molar-refractivity contribution in [2.75, 3.05) is 13.7 Å². The maximum absolute atomic E-state index is 12.0. The second-order valence-corrected chi connectivity index (χ2v) is 8.47. The number of methoxy groups -OCH3 is 1. The van der Waals surface area contributed by atoms with Gasteiger partial charge in [-0.15, -0.1) is 11.3 Å². The first-order valence-corrected chi connectivity index (χ1v) is 8.99. The Morgan fingerprint density at radius 1 is 1.25 bits per heavy atom.